The van der Waals surface area contributed by atoms with E-state index in [2.05, 4.69) is 244 Å². The second-order valence-electron chi connectivity index (χ2n) is 17.0. The van der Waals surface area contributed by atoms with Gasteiger partial charge in [-0.05, 0) is 113 Å². The predicted molar refractivity (Wildman–Crippen MR) is 259 cm³/mol. The Morgan fingerprint density at radius 2 is 1.23 bits per heavy atom. The molecule has 0 saturated carbocycles. The van der Waals surface area contributed by atoms with Crippen molar-refractivity contribution in [3.05, 3.63) is 263 Å². The lowest BCUT2D eigenvalue weighted by molar-refractivity contribution is 0.428. The topological polar surface area (TPSA) is 12.5 Å². The van der Waals surface area contributed by atoms with Gasteiger partial charge >= 0.3 is 0 Å². The molecule has 2 aliphatic carbocycles. The Morgan fingerprint density at radius 3 is 2.05 bits per heavy atom. The standard InChI is InChI=1S/C60H49NO/c1-5-6-7-9-22-45-23-12-14-28-52(45)60(4)54-30-16-17-32-57(54)62-58-49(27-19-31-55(58)60)44-34-37-47(38-35-44)61(46-25-18-24-43(33-36-46)42-20-10-8-11-21-42)48-39-40-51-50-26-13-15-29-53(50)59(2,3)56(51)41-48/h5-17,19-21,23-41H,22H2,1-4H3/b6-5-,9-7-. The highest BCUT2D eigenvalue weighted by Crippen LogP contribution is 2.55. The zero-order chi connectivity index (χ0) is 42.3. The summed E-state index contributed by atoms with van der Waals surface area (Å²) in [7, 11) is 0. The molecule has 3 aliphatic rings. The van der Waals surface area contributed by atoms with Gasteiger partial charge in [0.15, 0.2) is 0 Å². The molecule has 2 heteroatoms. The molecule has 0 bridgehead atoms. The van der Waals surface area contributed by atoms with Gasteiger partial charge in [-0.2, -0.15) is 0 Å². The van der Waals surface area contributed by atoms with Crippen LogP contribution in [-0.2, 0) is 17.3 Å². The van der Waals surface area contributed by atoms with E-state index in [0.717, 1.165) is 62.8 Å². The summed E-state index contributed by atoms with van der Waals surface area (Å²) in [5, 5.41) is 0. The van der Waals surface area contributed by atoms with E-state index in [9.17, 15) is 0 Å². The van der Waals surface area contributed by atoms with Crippen LogP contribution in [0.3, 0.4) is 0 Å². The minimum Gasteiger partial charge on any atom is -0.456 e. The fourth-order valence-corrected chi connectivity index (χ4v) is 9.86. The summed E-state index contributed by atoms with van der Waals surface area (Å²) in [6.07, 6.45) is 18.0. The summed E-state index contributed by atoms with van der Waals surface area (Å²) in [4.78, 5) is 2.36. The highest BCUT2D eigenvalue weighted by Gasteiger charge is 2.42. The molecule has 1 unspecified atom stereocenters. The first-order valence-electron chi connectivity index (χ1n) is 21.7. The molecule has 300 valence electrons. The second kappa shape index (κ2) is 15.9. The molecule has 7 aromatic carbocycles. The largest absolute Gasteiger partial charge is 0.456 e. The zero-order valence-electron chi connectivity index (χ0n) is 35.8. The smallest absolute Gasteiger partial charge is 0.139 e. The highest BCUT2D eigenvalue weighted by molar-refractivity contribution is 5.86. The summed E-state index contributed by atoms with van der Waals surface area (Å²) in [6.45, 7) is 9.10. The van der Waals surface area contributed by atoms with Crippen molar-refractivity contribution in [3.8, 4) is 33.8 Å². The molecule has 10 rings (SSSR count). The first-order valence-corrected chi connectivity index (χ1v) is 21.7. The van der Waals surface area contributed by atoms with Crippen LogP contribution in [-0.4, -0.2) is 0 Å². The number of benzene rings is 7. The van der Waals surface area contributed by atoms with Gasteiger partial charge in [-0.3, -0.25) is 0 Å². The number of rotatable bonds is 9. The number of para-hydroxylation sites is 2. The van der Waals surface area contributed by atoms with Crippen LogP contribution < -0.4 is 9.64 Å². The molecule has 0 fully saturated rings. The average molecular weight is 800 g/mol. The van der Waals surface area contributed by atoms with Crippen LogP contribution in [0.25, 0.3) is 27.8 Å². The van der Waals surface area contributed by atoms with E-state index in [0.29, 0.717) is 0 Å². The molecule has 1 aliphatic heterocycles. The normalized spacial score (nSPS) is 16.8. The van der Waals surface area contributed by atoms with Crippen molar-refractivity contribution in [1.82, 2.24) is 0 Å². The molecule has 0 aromatic heterocycles. The van der Waals surface area contributed by atoms with Crippen molar-refractivity contribution >= 4 is 16.9 Å². The molecule has 7 aromatic rings. The molecule has 62 heavy (non-hydrogen) atoms. The number of allylic oxidation sites excluding steroid dienone is 8. The van der Waals surface area contributed by atoms with Gasteiger partial charge in [0.05, 0.1) is 5.70 Å². The zero-order valence-corrected chi connectivity index (χ0v) is 35.8. The molecule has 1 heterocycles. The SMILES string of the molecule is C/C=C\C=C/Cc1ccccc1C1(C)c2ccccc2Oc2c(-c3ccc(N(C4=CC=C(c5ccccc5)C=C=C4)c4ccc5c(c4)C(C)(C)c4ccccc4-5)cc3)cccc21. The van der Waals surface area contributed by atoms with Gasteiger partial charge in [0, 0.05) is 45.0 Å². The summed E-state index contributed by atoms with van der Waals surface area (Å²) >= 11 is 0. The Morgan fingerprint density at radius 1 is 0.548 bits per heavy atom. The lowest BCUT2D eigenvalue weighted by Crippen LogP contribution is -2.30. The lowest BCUT2D eigenvalue weighted by atomic mass is 9.67. The molecule has 0 spiro atoms. The maximum Gasteiger partial charge on any atom is 0.139 e. The van der Waals surface area contributed by atoms with Crippen molar-refractivity contribution in [1.29, 1.82) is 0 Å². The lowest BCUT2D eigenvalue weighted by Gasteiger charge is -2.40. The second-order valence-corrected chi connectivity index (χ2v) is 17.0. The van der Waals surface area contributed by atoms with Crippen LogP contribution in [0.2, 0.25) is 0 Å². The average Bonchev–Trinajstić information content (AvgIpc) is 3.42. The van der Waals surface area contributed by atoms with Gasteiger partial charge in [0.1, 0.15) is 11.5 Å². The summed E-state index contributed by atoms with van der Waals surface area (Å²) < 4.78 is 6.96. The molecule has 0 N–H and O–H groups in total. The van der Waals surface area contributed by atoms with Crippen LogP contribution in [0.1, 0.15) is 66.6 Å². The van der Waals surface area contributed by atoms with Crippen molar-refractivity contribution in [3.63, 3.8) is 0 Å². The quantitative estimate of drug-likeness (QED) is 0.107. The fraction of sp³-hybridized carbons (Fsp3) is 0.117. The molecular weight excluding hydrogens is 751 g/mol. The van der Waals surface area contributed by atoms with Crippen molar-refractivity contribution in [2.45, 2.75) is 44.9 Å². The third-order valence-corrected chi connectivity index (χ3v) is 13.1. The summed E-state index contributed by atoms with van der Waals surface area (Å²) in [6, 6.07) is 59.3. The first-order chi connectivity index (χ1) is 30.4. The van der Waals surface area contributed by atoms with Crippen LogP contribution >= 0.6 is 0 Å². The molecule has 2 nitrogen and oxygen atoms in total. The van der Waals surface area contributed by atoms with Gasteiger partial charge in [-0.25, -0.2) is 0 Å². The Bertz CT molecular complexity index is 3040. The van der Waals surface area contributed by atoms with Gasteiger partial charge < -0.3 is 9.64 Å². The van der Waals surface area contributed by atoms with Crippen molar-refractivity contribution < 1.29 is 4.74 Å². The van der Waals surface area contributed by atoms with Crippen LogP contribution in [0.5, 0.6) is 11.5 Å². The maximum absolute atomic E-state index is 6.96. The molecule has 0 amide bonds. The molecule has 0 radical (unpaired) electrons. The number of hydrogen-bond acceptors (Lipinski definition) is 2. The van der Waals surface area contributed by atoms with Gasteiger partial charge in [0.2, 0.25) is 0 Å². The predicted octanol–water partition coefficient (Wildman–Crippen LogP) is 15.6. The maximum atomic E-state index is 6.96. The number of hydrogen-bond donors (Lipinski definition) is 0. The Balaban J connectivity index is 1.08. The number of fused-ring (bicyclic) bond motifs is 5. The van der Waals surface area contributed by atoms with Crippen LogP contribution in [0.15, 0.2) is 224 Å². The van der Waals surface area contributed by atoms with Crippen LogP contribution in [0.4, 0.5) is 11.4 Å². The van der Waals surface area contributed by atoms with Gasteiger partial charge in [-0.1, -0.05) is 178 Å². The van der Waals surface area contributed by atoms with E-state index in [4.69, 9.17) is 4.74 Å². The fourth-order valence-electron chi connectivity index (χ4n) is 9.86. The Hall–Kier alpha value is -7.38. The van der Waals surface area contributed by atoms with E-state index in [-0.39, 0.29) is 5.41 Å². The van der Waals surface area contributed by atoms with Gasteiger partial charge in [0.25, 0.3) is 0 Å². The number of anilines is 2. The van der Waals surface area contributed by atoms with E-state index in [1.165, 1.54) is 38.9 Å². The van der Waals surface area contributed by atoms with E-state index < -0.39 is 5.41 Å². The third-order valence-electron chi connectivity index (χ3n) is 13.1. The van der Waals surface area contributed by atoms with E-state index >= 15 is 0 Å². The number of nitrogens with zero attached hydrogens (tertiary/aromatic N) is 1. The monoisotopic (exact) mass is 799 g/mol. The third kappa shape index (κ3) is 6.61. The number of ether oxygens (including phenoxy) is 1. The summed E-state index contributed by atoms with van der Waals surface area (Å²) in [5.74, 6) is 1.79. The molecule has 0 saturated heterocycles. The van der Waals surface area contributed by atoms with E-state index in [1.807, 2.05) is 6.92 Å². The summed E-state index contributed by atoms with van der Waals surface area (Å²) in [5.41, 5.74) is 20.8. The minimum absolute atomic E-state index is 0.130. The van der Waals surface area contributed by atoms with Gasteiger partial charge in [-0.15, -0.1) is 5.73 Å². The van der Waals surface area contributed by atoms with Crippen molar-refractivity contribution in [2.24, 2.45) is 0 Å². The van der Waals surface area contributed by atoms with Crippen molar-refractivity contribution in [2.75, 3.05) is 4.90 Å². The Labute approximate surface area is 366 Å². The molecular formula is C60H49NO. The van der Waals surface area contributed by atoms with E-state index in [1.54, 1.807) is 0 Å². The molecule has 1 atom stereocenters. The minimum atomic E-state index is -0.444. The highest BCUT2D eigenvalue weighted by atomic mass is 16.5. The Kier molecular flexibility index (Phi) is 9.95. The van der Waals surface area contributed by atoms with Crippen LogP contribution in [0, 0.1) is 0 Å². The first kappa shape index (κ1) is 38.8.